The standard InChI is InChI=1S/C18H20N2O4/c21-17-15-13-5-6-14(24-13)16(15)18(22)20(17)12-3-1-11(2-4-12)19-7-9-23-10-8-19/h1-4,13-16H,5-10H2. The van der Waals surface area contributed by atoms with Crippen molar-refractivity contribution in [1.82, 2.24) is 0 Å². The number of ether oxygens (including phenoxy) is 2. The predicted molar refractivity (Wildman–Crippen MR) is 86.8 cm³/mol. The third kappa shape index (κ3) is 1.96. The van der Waals surface area contributed by atoms with Crippen LogP contribution in [0.3, 0.4) is 0 Å². The lowest BCUT2D eigenvalue weighted by Crippen LogP contribution is -2.36. The van der Waals surface area contributed by atoms with E-state index in [0.29, 0.717) is 5.69 Å². The number of benzene rings is 1. The average Bonchev–Trinajstić information content (AvgIpc) is 3.30. The summed E-state index contributed by atoms with van der Waals surface area (Å²) in [5, 5.41) is 0. The molecule has 126 valence electrons. The highest BCUT2D eigenvalue weighted by Gasteiger charge is 2.62. The van der Waals surface area contributed by atoms with Crippen LogP contribution in [0, 0.1) is 11.8 Å². The van der Waals surface area contributed by atoms with Crippen molar-refractivity contribution in [3.05, 3.63) is 24.3 Å². The number of amides is 2. The summed E-state index contributed by atoms with van der Waals surface area (Å²) in [6.07, 6.45) is 1.67. The van der Waals surface area contributed by atoms with E-state index in [1.807, 2.05) is 24.3 Å². The predicted octanol–water partition coefficient (Wildman–Crippen LogP) is 1.19. The van der Waals surface area contributed by atoms with Gasteiger partial charge in [0.1, 0.15) is 0 Å². The van der Waals surface area contributed by atoms with Gasteiger partial charge in [-0.2, -0.15) is 0 Å². The Balaban J connectivity index is 1.40. The van der Waals surface area contributed by atoms with Gasteiger partial charge < -0.3 is 14.4 Å². The van der Waals surface area contributed by atoms with Crippen molar-refractivity contribution < 1.29 is 19.1 Å². The molecule has 24 heavy (non-hydrogen) atoms. The van der Waals surface area contributed by atoms with Crippen LogP contribution in [0.1, 0.15) is 12.8 Å². The molecule has 4 saturated heterocycles. The SMILES string of the molecule is O=C1C2C3CCC(O3)C2C(=O)N1c1ccc(N2CCOCC2)cc1. The van der Waals surface area contributed by atoms with Gasteiger partial charge in [-0.3, -0.25) is 9.59 Å². The van der Waals surface area contributed by atoms with Crippen molar-refractivity contribution >= 4 is 23.2 Å². The van der Waals surface area contributed by atoms with Crippen molar-refractivity contribution in [3.8, 4) is 0 Å². The monoisotopic (exact) mass is 328 g/mol. The maximum atomic E-state index is 12.8. The van der Waals surface area contributed by atoms with Crippen LogP contribution in [-0.2, 0) is 19.1 Å². The van der Waals surface area contributed by atoms with Gasteiger partial charge in [0, 0.05) is 18.8 Å². The van der Waals surface area contributed by atoms with E-state index in [0.717, 1.165) is 44.8 Å². The van der Waals surface area contributed by atoms with Crippen molar-refractivity contribution in [2.75, 3.05) is 36.1 Å². The summed E-state index contributed by atoms with van der Waals surface area (Å²) in [6, 6.07) is 7.73. The molecule has 2 bridgehead atoms. The van der Waals surface area contributed by atoms with Crippen LogP contribution in [0.2, 0.25) is 0 Å². The maximum absolute atomic E-state index is 12.8. The fraction of sp³-hybridized carbons (Fsp3) is 0.556. The van der Waals surface area contributed by atoms with Crippen molar-refractivity contribution in [1.29, 1.82) is 0 Å². The molecular weight excluding hydrogens is 308 g/mol. The first-order chi connectivity index (χ1) is 11.7. The van der Waals surface area contributed by atoms with Gasteiger partial charge in [0.15, 0.2) is 0 Å². The molecule has 4 unspecified atom stereocenters. The molecular formula is C18H20N2O4. The van der Waals surface area contributed by atoms with Crippen LogP contribution < -0.4 is 9.80 Å². The van der Waals surface area contributed by atoms with Crippen LogP contribution in [0.4, 0.5) is 11.4 Å². The number of nitrogens with zero attached hydrogens (tertiary/aromatic N) is 2. The van der Waals surface area contributed by atoms with Crippen LogP contribution >= 0.6 is 0 Å². The van der Waals surface area contributed by atoms with Gasteiger partial charge in [0.05, 0.1) is 42.9 Å². The Morgan fingerprint density at radius 3 is 1.96 bits per heavy atom. The molecule has 0 N–H and O–H groups in total. The number of carbonyl (C=O) groups excluding carboxylic acids is 2. The molecule has 6 heteroatoms. The van der Waals surface area contributed by atoms with E-state index in [1.165, 1.54) is 4.90 Å². The first-order valence-corrected chi connectivity index (χ1v) is 8.70. The molecule has 0 saturated carbocycles. The van der Waals surface area contributed by atoms with Crippen molar-refractivity contribution in [2.45, 2.75) is 25.0 Å². The van der Waals surface area contributed by atoms with Gasteiger partial charge in [-0.05, 0) is 37.1 Å². The van der Waals surface area contributed by atoms with Gasteiger partial charge in [0.25, 0.3) is 0 Å². The average molecular weight is 328 g/mol. The minimum Gasteiger partial charge on any atom is -0.378 e. The van der Waals surface area contributed by atoms with E-state index in [2.05, 4.69) is 4.90 Å². The molecule has 1 aromatic carbocycles. The Kier molecular flexibility index (Phi) is 3.18. The number of anilines is 2. The zero-order valence-electron chi connectivity index (χ0n) is 13.4. The minimum absolute atomic E-state index is 0.0610. The van der Waals surface area contributed by atoms with Crippen LogP contribution in [0.15, 0.2) is 24.3 Å². The second-order valence-corrected chi connectivity index (χ2v) is 6.97. The van der Waals surface area contributed by atoms with Gasteiger partial charge in [-0.1, -0.05) is 0 Å². The molecule has 4 fully saturated rings. The van der Waals surface area contributed by atoms with E-state index in [1.54, 1.807) is 0 Å². The highest BCUT2D eigenvalue weighted by Crippen LogP contribution is 2.49. The molecule has 0 radical (unpaired) electrons. The van der Waals surface area contributed by atoms with Gasteiger partial charge in [-0.25, -0.2) is 4.90 Å². The molecule has 1 aromatic rings. The van der Waals surface area contributed by atoms with Gasteiger partial charge in [0.2, 0.25) is 11.8 Å². The maximum Gasteiger partial charge on any atom is 0.240 e. The number of hydrogen-bond donors (Lipinski definition) is 0. The smallest absolute Gasteiger partial charge is 0.240 e. The molecule has 2 amide bonds. The molecule has 4 atom stereocenters. The summed E-state index contributed by atoms with van der Waals surface area (Å²) >= 11 is 0. The summed E-state index contributed by atoms with van der Waals surface area (Å²) < 4.78 is 11.1. The molecule has 5 rings (SSSR count). The second kappa shape index (κ2) is 5.29. The Morgan fingerprint density at radius 2 is 1.38 bits per heavy atom. The molecule has 0 aromatic heterocycles. The fourth-order valence-corrected chi connectivity index (χ4v) is 4.60. The van der Waals surface area contributed by atoms with Crippen molar-refractivity contribution in [3.63, 3.8) is 0 Å². The molecule has 0 spiro atoms. The number of morpholine rings is 1. The fourth-order valence-electron chi connectivity index (χ4n) is 4.60. The third-order valence-corrected chi connectivity index (χ3v) is 5.77. The number of rotatable bonds is 2. The number of imide groups is 1. The Morgan fingerprint density at radius 1 is 0.833 bits per heavy atom. The minimum atomic E-state index is -0.268. The number of fused-ring (bicyclic) bond motifs is 5. The molecule has 4 aliphatic rings. The lowest BCUT2D eigenvalue weighted by molar-refractivity contribution is -0.124. The summed E-state index contributed by atoms with van der Waals surface area (Å²) in [5.41, 5.74) is 1.78. The van der Waals surface area contributed by atoms with E-state index >= 15 is 0 Å². The lowest BCUT2D eigenvalue weighted by atomic mass is 9.81. The zero-order chi connectivity index (χ0) is 16.3. The summed E-state index contributed by atoms with van der Waals surface area (Å²) in [4.78, 5) is 29.2. The summed E-state index contributed by atoms with van der Waals surface area (Å²) in [6.45, 7) is 3.20. The third-order valence-electron chi connectivity index (χ3n) is 5.77. The van der Waals surface area contributed by atoms with Crippen LogP contribution in [-0.4, -0.2) is 50.3 Å². The molecule has 4 heterocycles. The first-order valence-electron chi connectivity index (χ1n) is 8.70. The van der Waals surface area contributed by atoms with Gasteiger partial charge >= 0.3 is 0 Å². The van der Waals surface area contributed by atoms with Crippen molar-refractivity contribution in [2.24, 2.45) is 11.8 Å². The first kappa shape index (κ1) is 14.4. The normalized spacial score (nSPS) is 35.0. The Bertz CT molecular complexity index is 655. The van der Waals surface area contributed by atoms with E-state index in [4.69, 9.17) is 9.47 Å². The lowest BCUT2D eigenvalue weighted by Gasteiger charge is -2.29. The van der Waals surface area contributed by atoms with E-state index < -0.39 is 0 Å². The number of carbonyl (C=O) groups is 2. The summed E-state index contributed by atoms with van der Waals surface area (Å²) in [7, 11) is 0. The topological polar surface area (TPSA) is 59.1 Å². The quantitative estimate of drug-likeness (QED) is 0.763. The molecule has 4 aliphatic heterocycles. The Hall–Kier alpha value is -1.92. The highest BCUT2D eigenvalue weighted by molar-refractivity contribution is 6.22. The number of hydrogen-bond acceptors (Lipinski definition) is 5. The summed E-state index contributed by atoms with van der Waals surface area (Å²) in [5.74, 6) is -0.710. The van der Waals surface area contributed by atoms with E-state index in [-0.39, 0.29) is 35.9 Å². The van der Waals surface area contributed by atoms with Crippen LogP contribution in [0.25, 0.3) is 0 Å². The highest BCUT2D eigenvalue weighted by atomic mass is 16.5. The van der Waals surface area contributed by atoms with Gasteiger partial charge in [-0.15, -0.1) is 0 Å². The second-order valence-electron chi connectivity index (χ2n) is 6.97. The zero-order valence-corrected chi connectivity index (χ0v) is 13.4. The van der Waals surface area contributed by atoms with E-state index in [9.17, 15) is 9.59 Å². The Labute approximate surface area is 140 Å². The largest absolute Gasteiger partial charge is 0.378 e. The van der Waals surface area contributed by atoms with Crippen LogP contribution in [0.5, 0.6) is 0 Å². The molecule has 6 nitrogen and oxygen atoms in total. The molecule has 0 aliphatic carbocycles.